The summed E-state index contributed by atoms with van der Waals surface area (Å²) < 4.78 is 0. The molecule has 0 heterocycles. The Kier molecular flexibility index (Phi) is 4.17. The first kappa shape index (κ1) is 13.4. The average molecular weight is 265 g/mol. The molecule has 0 amide bonds. The summed E-state index contributed by atoms with van der Waals surface area (Å²) in [6, 6.07) is 20.1. The minimum Gasteiger partial charge on any atom is -0.328 e. The van der Waals surface area contributed by atoms with E-state index in [0.29, 0.717) is 6.04 Å². The lowest BCUT2D eigenvalue weighted by atomic mass is 9.82. The topological polar surface area (TPSA) is 26.0 Å². The van der Waals surface area contributed by atoms with E-state index in [-0.39, 0.29) is 0 Å². The summed E-state index contributed by atoms with van der Waals surface area (Å²) in [5.74, 6) is 0.831. The Balaban J connectivity index is 1.65. The molecule has 0 unspecified atom stereocenters. The molecule has 2 aromatic rings. The van der Waals surface area contributed by atoms with Gasteiger partial charge in [-0.25, -0.2) is 0 Å². The van der Waals surface area contributed by atoms with E-state index < -0.39 is 0 Å². The van der Waals surface area contributed by atoms with Gasteiger partial charge < -0.3 is 5.73 Å². The van der Waals surface area contributed by atoms with E-state index in [1.807, 2.05) is 0 Å². The van der Waals surface area contributed by atoms with Gasteiger partial charge in [-0.3, -0.25) is 0 Å². The van der Waals surface area contributed by atoms with Gasteiger partial charge in [0, 0.05) is 6.04 Å². The van der Waals surface area contributed by atoms with Crippen LogP contribution in [0.25, 0.3) is 11.1 Å². The first-order valence-corrected chi connectivity index (χ1v) is 7.71. The molecule has 1 aliphatic carbocycles. The van der Waals surface area contributed by atoms with E-state index in [1.54, 1.807) is 0 Å². The highest BCUT2D eigenvalue weighted by Crippen LogP contribution is 2.27. The van der Waals surface area contributed by atoms with Crippen molar-refractivity contribution in [3.63, 3.8) is 0 Å². The highest BCUT2D eigenvalue weighted by Gasteiger charge is 2.18. The molecule has 0 saturated heterocycles. The molecule has 104 valence electrons. The van der Waals surface area contributed by atoms with E-state index >= 15 is 0 Å². The molecule has 2 aromatic carbocycles. The van der Waals surface area contributed by atoms with E-state index in [0.717, 1.165) is 5.92 Å². The molecule has 1 aliphatic rings. The second-order valence-electron chi connectivity index (χ2n) is 6.05. The van der Waals surface area contributed by atoms with Gasteiger partial charge in [0.1, 0.15) is 0 Å². The lowest BCUT2D eigenvalue weighted by molar-refractivity contribution is 0.325. The van der Waals surface area contributed by atoms with Crippen LogP contribution in [0.3, 0.4) is 0 Å². The predicted molar refractivity (Wildman–Crippen MR) is 85.5 cm³/mol. The largest absolute Gasteiger partial charge is 0.328 e. The molecule has 1 saturated carbocycles. The van der Waals surface area contributed by atoms with Crippen molar-refractivity contribution in [2.75, 3.05) is 0 Å². The van der Waals surface area contributed by atoms with Crippen LogP contribution in [-0.4, -0.2) is 6.04 Å². The fourth-order valence-corrected chi connectivity index (χ4v) is 3.19. The van der Waals surface area contributed by atoms with Crippen molar-refractivity contribution in [2.24, 2.45) is 11.7 Å². The monoisotopic (exact) mass is 265 g/mol. The second-order valence-corrected chi connectivity index (χ2v) is 6.05. The molecule has 0 spiro atoms. The maximum absolute atomic E-state index is 5.97. The Morgan fingerprint density at radius 3 is 2.00 bits per heavy atom. The van der Waals surface area contributed by atoms with Crippen LogP contribution in [-0.2, 0) is 6.42 Å². The lowest BCUT2D eigenvalue weighted by Crippen LogP contribution is -2.27. The quantitative estimate of drug-likeness (QED) is 0.873. The van der Waals surface area contributed by atoms with Crippen molar-refractivity contribution >= 4 is 0 Å². The molecule has 2 N–H and O–H groups in total. The van der Waals surface area contributed by atoms with Gasteiger partial charge in [0.2, 0.25) is 0 Å². The minimum atomic E-state index is 0.451. The Morgan fingerprint density at radius 2 is 1.35 bits per heavy atom. The summed E-state index contributed by atoms with van der Waals surface area (Å²) in [4.78, 5) is 0. The summed E-state index contributed by atoms with van der Waals surface area (Å²) >= 11 is 0. The zero-order valence-electron chi connectivity index (χ0n) is 12.0. The molecule has 20 heavy (non-hydrogen) atoms. The molecule has 3 rings (SSSR count). The van der Waals surface area contributed by atoms with Gasteiger partial charge in [0.15, 0.2) is 0 Å². The first-order chi connectivity index (χ1) is 9.81. The lowest BCUT2D eigenvalue weighted by Gasteiger charge is -2.26. The third-order valence-corrected chi connectivity index (χ3v) is 4.48. The molecule has 0 bridgehead atoms. The standard InChI is InChI=1S/C19H23N/c20-19-12-8-16(9-13-19)14-15-6-10-18(11-7-15)17-4-2-1-3-5-17/h1-7,10-11,16,19H,8-9,12-14,20H2. The number of nitrogens with two attached hydrogens (primary N) is 1. The van der Waals surface area contributed by atoms with Crippen LogP contribution >= 0.6 is 0 Å². The smallest absolute Gasteiger partial charge is 0.00390 e. The van der Waals surface area contributed by atoms with Gasteiger partial charge in [0.05, 0.1) is 0 Å². The SMILES string of the molecule is NC1CCC(Cc2ccc(-c3ccccc3)cc2)CC1. The van der Waals surface area contributed by atoms with Crippen LogP contribution < -0.4 is 5.73 Å². The third-order valence-electron chi connectivity index (χ3n) is 4.48. The third kappa shape index (κ3) is 3.29. The molecular formula is C19H23N. The molecule has 0 aromatic heterocycles. The van der Waals surface area contributed by atoms with Crippen molar-refractivity contribution in [1.82, 2.24) is 0 Å². The summed E-state index contributed by atoms with van der Waals surface area (Å²) in [5, 5.41) is 0. The number of rotatable bonds is 3. The molecule has 0 radical (unpaired) electrons. The number of hydrogen-bond acceptors (Lipinski definition) is 1. The van der Waals surface area contributed by atoms with Gasteiger partial charge in [-0.05, 0) is 54.7 Å². The molecule has 1 heteroatoms. The molecule has 0 atom stereocenters. The zero-order chi connectivity index (χ0) is 13.8. The van der Waals surface area contributed by atoms with Crippen LogP contribution in [0.4, 0.5) is 0 Å². The predicted octanol–water partition coefficient (Wildman–Crippen LogP) is 4.41. The van der Waals surface area contributed by atoms with Crippen molar-refractivity contribution < 1.29 is 0 Å². The van der Waals surface area contributed by atoms with Gasteiger partial charge in [-0.1, -0.05) is 54.6 Å². The summed E-state index contributed by atoms with van der Waals surface area (Å²) in [6.45, 7) is 0. The summed E-state index contributed by atoms with van der Waals surface area (Å²) in [5.41, 5.74) is 10.0. The average Bonchev–Trinajstić information content (AvgIpc) is 2.51. The minimum absolute atomic E-state index is 0.451. The summed E-state index contributed by atoms with van der Waals surface area (Å²) in [6.07, 6.45) is 6.20. The Labute approximate surface area is 121 Å². The van der Waals surface area contributed by atoms with Gasteiger partial charge in [-0.2, -0.15) is 0 Å². The maximum Gasteiger partial charge on any atom is 0.00390 e. The van der Waals surface area contributed by atoms with Gasteiger partial charge in [0.25, 0.3) is 0 Å². The molecule has 1 fully saturated rings. The molecule has 1 nitrogen and oxygen atoms in total. The Morgan fingerprint density at radius 1 is 0.750 bits per heavy atom. The van der Waals surface area contributed by atoms with Crippen molar-refractivity contribution in [2.45, 2.75) is 38.1 Å². The fraction of sp³-hybridized carbons (Fsp3) is 0.368. The van der Waals surface area contributed by atoms with E-state index in [2.05, 4.69) is 54.6 Å². The Hall–Kier alpha value is -1.60. The number of hydrogen-bond donors (Lipinski definition) is 1. The second kappa shape index (κ2) is 6.23. The van der Waals surface area contributed by atoms with Crippen LogP contribution in [0.1, 0.15) is 31.2 Å². The molecule has 0 aliphatic heterocycles. The fourth-order valence-electron chi connectivity index (χ4n) is 3.19. The Bertz CT molecular complexity index is 521. The molecular weight excluding hydrogens is 242 g/mol. The van der Waals surface area contributed by atoms with Crippen LogP contribution in [0.15, 0.2) is 54.6 Å². The van der Waals surface area contributed by atoms with Crippen molar-refractivity contribution in [3.05, 3.63) is 60.2 Å². The number of benzene rings is 2. The van der Waals surface area contributed by atoms with Crippen LogP contribution in [0, 0.1) is 5.92 Å². The zero-order valence-corrected chi connectivity index (χ0v) is 12.0. The van der Waals surface area contributed by atoms with Crippen molar-refractivity contribution in [1.29, 1.82) is 0 Å². The highest BCUT2D eigenvalue weighted by molar-refractivity contribution is 5.63. The van der Waals surface area contributed by atoms with Gasteiger partial charge in [-0.15, -0.1) is 0 Å². The van der Waals surface area contributed by atoms with Crippen LogP contribution in [0.5, 0.6) is 0 Å². The van der Waals surface area contributed by atoms with E-state index in [9.17, 15) is 0 Å². The van der Waals surface area contributed by atoms with E-state index in [4.69, 9.17) is 5.73 Å². The summed E-state index contributed by atoms with van der Waals surface area (Å²) in [7, 11) is 0. The van der Waals surface area contributed by atoms with Crippen molar-refractivity contribution in [3.8, 4) is 11.1 Å². The maximum atomic E-state index is 5.97. The highest BCUT2D eigenvalue weighted by atomic mass is 14.6. The van der Waals surface area contributed by atoms with Crippen LogP contribution in [0.2, 0.25) is 0 Å². The van der Waals surface area contributed by atoms with Gasteiger partial charge >= 0.3 is 0 Å². The normalized spacial score (nSPS) is 22.6. The van der Waals surface area contributed by atoms with E-state index in [1.165, 1.54) is 48.8 Å². The first-order valence-electron chi connectivity index (χ1n) is 7.71.